The van der Waals surface area contributed by atoms with Gasteiger partial charge in [-0.2, -0.15) is 0 Å². The van der Waals surface area contributed by atoms with Gasteiger partial charge in [0.1, 0.15) is 0 Å². The van der Waals surface area contributed by atoms with Crippen molar-refractivity contribution < 1.29 is 9.90 Å². The molecule has 0 aliphatic rings. The normalized spacial score (nSPS) is 11.3. The van der Waals surface area contributed by atoms with Gasteiger partial charge in [-0.05, 0) is 30.3 Å². The first kappa shape index (κ1) is 13.3. The summed E-state index contributed by atoms with van der Waals surface area (Å²) < 4.78 is 0. The van der Waals surface area contributed by atoms with Gasteiger partial charge < -0.3 is 10.1 Å². The number of hydrogen-bond donors (Lipinski definition) is 2. The maximum atomic E-state index is 11.8. The molecule has 2 N–H and O–H groups in total. The Balaban J connectivity index is 1.98. The zero-order chi connectivity index (χ0) is 14.8. The number of nitrogens with zero attached hydrogens (tertiary/aromatic N) is 3. The Morgan fingerprint density at radius 1 is 1.24 bits per heavy atom. The summed E-state index contributed by atoms with van der Waals surface area (Å²) >= 11 is 5.92. The first-order valence-corrected chi connectivity index (χ1v) is 6.39. The fraction of sp³-hybridized carbons (Fsp3) is 0. The fourth-order valence-electron chi connectivity index (χ4n) is 1.88. The minimum absolute atomic E-state index is 0.168. The standard InChI is InChI=1S/C14H9ClN4O2/c15-9-1-2-11-10(7-9)12(14(21)17-11)18-19-13(20)8-3-5-16-6-4-8/h1-7,17,21H. The number of fused-ring (bicyclic) bond motifs is 1. The lowest BCUT2D eigenvalue weighted by molar-refractivity contribution is 0.0995. The Kier molecular flexibility index (Phi) is 3.37. The van der Waals surface area contributed by atoms with Crippen LogP contribution in [0.5, 0.6) is 5.88 Å². The number of carbonyl (C=O) groups is 1. The maximum absolute atomic E-state index is 11.8. The van der Waals surface area contributed by atoms with Crippen molar-refractivity contribution in [2.45, 2.75) is 0 Å². The highest BCUT2D eigenvalue weighted by Gasteiger charge is 2.11. The zero-order valence-corrected chi connectivity index (χ0v) is 11.4. The number of carbonyl (C=O) groups excluding carboxylic acids is 1. The summed E-state index contributed by atoms with van der Waals surface area (Å²) in [7, 11) is 0. The van der Waals surface area contributed by atoms with Gasteiger partial charge in [0.2, 0.25) is 5.88 Å². The molecule has 0 unspecified atom stereocenters. The van der Waals surface area contributed by atoms with Crippen molar-refractivity contribution in [3.05, 3.63) is 53.3 Å². The molecule has 1 amide bonds. The van der Waals surface area contributed by atoms with Crippen LogP contribution in [0, 0.1) is 0 Å². The van der Waals surface area contributed by atoms with Crippen LogP contribution in [-0.4, -0.2) is 21.0 Å². The van der Waals surface area contributed by atoms with Gasteiger partial charge in [0, 0.05) is 28.4 Å². The molecule has 0 spiro atoms. The number of hydrogen-bond acceptors (Lipinski definition) is 4. The quantitative estimate of drug-likeness (QED) is 0.704. The molecule has 104 valence electrons. The van der Waals surface area contributed by atoms with Crippen LogP contribution in [0.15, 0.2) is 53.0 Å². The number of pyridine rings is 1. The van der Waals surface area contributed by atoms with Crippen molar-refractivity contribution in [1.82, 2.24) is 9.97 Å². The number of halogens is 1. The van der Waals surface area contributed by atoms with Gasteiger partial charge in [-0.3, -0.25) is 9.78 Å². The van der Waals surface area contributed by atoms with Crippen molar-refractivity contribution in [1.29, 1.82) is 0 Å². The Morgan fingerprint density at radius 2 is 2.00 bits per heavy atom. The first-order valence-electron chi connectivity index (χ1n) is 6.01. The van der Waals surface area contributed by atoms with Crippen LogP contribution >= 0.6 is 11.6 Å². The lowest BCUT2D eigenvalue weighted by Gasteiger charge is -1.94. The van der Waals surface area contributed by atoms with E-state index in [0.29, 0.717) is 21.5 Å². The van der Waals surface area contributed by atoms with Gasteiger partial charge in [-0.15, -0.1) is 10.2 Å². The number of H-pyrrole nitrogens is 1. The molecule has 0 radical (unpaired) electrons. The summed E-state index contributed by atoms with van der Waals surface area (Å²) in [5, 5.41) is 18.4. The number of aromatic amines is 1. The van der Waals surface area contributed by atoms with Crippen molar-refractivity contribution in [3.63, 3.8) is 0 Å². The minimum atomic E-state index is -0.520. The van der Waals surface area contributed by atoms with E-state index < -0.39 is 5.91 Å². The van der Waals surface area contributed by atoms with Gasteiger partial charge in [0.15, 0.2) is 5.69 Å². The number of aromatic hydroxyl groups is 1. The van der Waals surface area contributed by atoms with Crippen molar-refractivity contribution >= 4 is 34.1 Å². The average molecular weight is 301 g/mol. The first-order chi connectivity index (χ1) is 10.1. The van der Waals surface area contributed by atoms with Crippen molar-refractivity contribution in [3.8, 4) is 5.88 Å². The van der Waals surface area contributed by atoms with Crippen LogP contribution in [0.3, 0.4) is 0 Å². The highest BCUT2D eigenvalue weighted by atomic mass is 35.5. The van der Waals surface area contributed by atoms with Gasteiger partial charge >= 0.3 is 0 Å². The van der Waals surface area contributed by atoms with E-state index >= 15 is 0 Å². The van der Waals surface area contributed by atoms with Crippen LogP contribution in [0.2, 0.25) is 5.02 Å². The lowest BCUT2D eigenvalue weighted by atomic mass is 10.2. The molecule has 0 aliphatic carbocycles. The van der Waals surface area contributed by atoms with Crippen LogP contribution in [0.25, 0.3) is 10.9 Å². The number of aromatic nitrogens is 2. The Bertz CT molecular complexity index is 843. The van der Waals surface area contributed by atoms with E-state index in [9.17, 15) is 9.90 Å². The molecular weight excluding hydrogens is 292 g/mol. The molecule has 2 heterocycles. The maximum Gasteiger partial charge on any atom is 0.295 e. The summed E-state index contributed by atoms with van der Waals surface area (Å²) in [6.07, 6.45) is 2.98. The third-order valence-electron chi connectivity index (χ3n) is 2.88. The number of benzene rings is 1. The fourth-order valence-corrected chi connectivity index (χ4v) is 2.06. The highest BCUT2D eigenvalue weighted by Crippen LogP contribution is 2.36. The predicted molar refractivity (Wildman–Crippen MR) is 78.1 cm³/mol. The summed E-state index contributed by atoms with van der Waals surface area (Å²) in [5.74, 6) is -0.688. The van der Waals surface area contributed by atoms with E-state index in [1.807, 2.05) is 0 Å². The second-order valence-corrected chi connectivity index (χ2v) is 4.69. The summed E-state index contributed by atoms with van der Waals surface area (Å²) in [6.45, 7) is 0. The molecule has 7 heteroatoms. The zero-order valence-electron chi connectivity index (χ0n) is 10.6. The number of amides is 1. The highest BCUT2D eigenvalue weighted by molar-refractivity contribution is 6.31. The second-order valence-electron chi connectivity index (χ2n) is 4.25. The van der Waals surface area contributed by atoms with E-state index in [4.69, 9.17) is 11.6 Å². The Labute approximate surface area is 124 Å². The summed E-state index contributed by atoms with van der Waals surface area (Å²) in [4.78, 5) is 18.4. The van der Waals surface area contributed by atoms with E-state index in [1.165, 1.54) is 24.5 Å². The van der Waals surface area contributed by atoms with Gasteiger partial charge in [-0.1, -0.05) is 11.6 Å². The molecular formula is C14H9ClN4O2. The van der Waals surface area contributed by atoms with Crippen LogP contribution in [0.1, 0.15) is 10.4 Å². The second kappa shape index (κ2) is 5.34. The minimum Gasteiger partial charge on any atom is -0.493 e. The largest absolute Gasteiger partial charge is 0.493 e. The van der Waals surface area contributed by atoms with E-state index in [2.05, 4.69) is 20.2 Å². The van der Waals surface area contributed by atoms with Crippen molar-refractivity contribution in [2.75, 3.05) is 0 Å². The molecule has 0 fully saturated rings. The summed E-state index contributed by atoms with van der Waals surface area (Å²) in [6, 6.07) is 8.10. The molecule has 21 heavy (non-hydrogen) atoms. The van der Waals surface area contributed by atoms with E-state index in [0.717, 1.165) is 0 Å². The van der Waals surface area contributed by atoms with Crippen LogP contribution in [-0.2, 0) is 0 Å². The third kappa shape index (κ3) is 2.61. The van der Waals surface area contributed by atoms with E-state index in [1.54, 1.807) is 18.2 Å². The van der Waals surface area contributed by atoms with E-state index in [-0.39, 0.29) is 11.6 Å². The van der Waals surface area contributed by atoms with Gasteiger partial charge in [-0.25, -0.2) is 0 Å². The average Bonchev–Trinajstić information content (AvgIpc) is 2.80. The number of azo groups is 1. The summed E-state index contributed by atoms with van der Waals surface area (Å²) in [5.41, 5.74) is 1.20. The molecule has 0 saturated carbocycles. The molecule has 0 atom stereocenters. The molecule has 3 rings (SSSR count). The molecule has 0 saturated heterocycles. The van der Waals surface area contributed by atoms with Gasteiger partial charge in [0.25, 0.3) is 5.91 Å². The molecule has 2 aromatic heterocycles. The lowest BCUT2D eigenvalue weighted by Crippen LogP contribution is -1.92. The molecule has 0 aliphatic heterocycles. The van der Waals surface area contributed by atoms with Gasteiger partial charge in [0.05, 0.1) is 5.52 Å². The Hall–Kier alpha value is -2.73. The molecule has 0 bridgehead atoms. The number of rotatable bonds is 2. The Morgan fingerprint density at radius 3 is 2.76 bits per heavy atom. The SMILES string of the molecule is O=C(N=Nc1c(O)[nH]c2ccc(Cl)cc12)c1ccncc1. The monoisotopic (exact) mass is 300 g/mol. The van der Waals surface area contributed by atoms with Crippen LogP contribution in [0.4, 0.5) is 5.69 Å². The van der Waals surface area contributed by atoms with Crippen molar-refractivity contribution in [2.24, 2.45) is 10.2 Å². The predicted octanol–water partition coefficient (Wildman–Crippen LogP) is 3.85. The topological polar surface area (TPSA) is 90.7 Å². The molecule has 6 nitrogen and oxygen atoms in total. The number of nitrogens with one attached hydrogen (secondary N) is 1. The third-order valence-corrected chi connectivity index (χ3v) is 3.12. The smallest absolute Gasteiger partial charge is 0.295 e. The molecule has 3 aromatic rings. The van der Waals surface area contributed by atoms with Crippen LogP contribution < -0.4 is 0 Å². The molecule has 1 aromatic carbocycles.